The van der Waals surface area contributed by atoms with Gasteiger partial charge in [0, 0.05) is 5.69 Å². The van der Waals surface area contributed by atoms with Crippen LogP contribution < -0.4 is 5.32 Å². The summed E-state index contributed by atoms with van der Waals surface area (Å²) in [5, 5.41) is 10.5. The van der Waals surface area contributed by atoms with Crippen molar-refractivity contribution in [3.63, 3.8) is 0 Å². The average molecular weight is 311 g/mol. The number of carbonyl (C=O) groups excluding carboxylic acids is 1. The smallest absolute Gasteiger partial charge is 0.465 e. The summed E-state index contributed by atoms with van der Waals surface area (Å²) in [6.45, 7) is 10.8. The van der Waals surface area contributed by atoms with Crippen LogP contribution in [0.25, 0.3) is 0 Å². The molecule has 6 nitrogen and oxygen atoms in total. The molecule has 0 aliphatic rings. The molecule has 0 aliphatic heterocycles. The van der Waals surface area contributed by atoms with Gasteiger partial charge in [-0.25, -0.2) is 9.59 Å². The van der Waals surface area contributed by atoms with E-state index in [1.165, 1.54) is 0 Å². The van der Waals surface area contributed by atoms with Crippen molar-refractivity contribution < 1.29 is 24.2 Å². The molecule has 6 heteroatoms. The molecule has 124 valence electrons. The van der Waals surface area contributed by atoms with Crippen molar-refractivity contribution in [3.05, 3.63) is 30.3 Å². The van der Waals surface area contributed by atoms with Crippen LogP contribution in [-0.2, 0) is 9.47 Å². The van der Waals surface area contributed by atoms with E-state index < -0.39 is 23.5 Å². The van der Waals surface area contributed by atoms with Gasteiger partial charge in [-0.3, -0.25) is 5.32 Å². The maximum absolute atomic E-state index is 11.0. The predicted octanol–water partition coefficient (Wildman–Crippen LogP) is 4.51. The van der Waals surface area contributed by atoms with E-state index in [9.17, 15) is 9.59 Å². The van der Waals surface area contributed by atoms with Gasteiger partial charge in [0.1, 0.15) is 11.2 Å². The summed E-state index contributed by atoms with van der Waals surface area (Å²) >= 11 is 0. The lowest BCUT2D eigenvalue weighted by Gasteiger charge is -2.24. The van der Waals surface area contributed by atoms with Crippen molar-refractivity contribution >= 4 is 17.9 Å². The number of para-hydroxylation sites is 1. The molecule has 0 unspecified atom stereocenters. The first-order valence-electron chi connectivity index (χ1n) is 6.86. The van der Waals surface area contributed by atoms with Crippen LogP contribution in [0, 0.1) is 0 Å². The number of carbonyl (C=O) groups is 2. The van der Waals surface area contributed by atoms with E-state index in [0.717, 1.165) is 0 Å². The van der Waals surface area contributed by atoms with Crippen LogP contribution in [0.5, 0.6) is 0 Å². The molecule has 0 spiro atoms. The molecule has 1 aromatic rings. The first kappa shape index (κ1) is 19.8. The number of hydrogen-bond acceptors (Lipinski definition) is 4. The lowest BCUT2D eigenvalue weighted by molar-refractivity contribution is -0.0468. The maximum atomic E-state index is 11.0. The van der Waals surface area contributed by atoms with Crippen molar-refractivity contribution in [2.75, 3.05) is 5.32 Å². The number of hydrogen-bond donors (Lipinski definition) is 2. The monoisotopic (exact) mass is 311 g/mol. The predicted molar refractivity (Wildman–Crippen MR) is 85.2 cm³/mol. The highest BCUT2D eigenvalue weighted by molar-refractivity contribution is 5.82. The molecule has 0 atom stereocenters. The molecule has 0 radical (unpaired) electrons. The van der Waals surface area contributed by atoms with Crippen LogP contribution in [0.1, 0.15) is 41.5 Å². The SMILES string of the molecule is CC(C)(C)OC(=O)OC(C)(C)C.O=C(O)Nc1ccccc1. The molecule has 0 fully saturated rings. The minimum atomic E-state index is -1.04. The highest BCUT2D eigenvalue weighted by Gasteiger charge is 2.22. The summed E-state index contributed by atoms with van der Waals surface area (Å²) in [5.74, 6) is 0. The molecule has 0 bridgehead atoms. The summed E-state index contributed by atoms with van der Waals surface area (Å²) in [7, 11) is 0. The molecule has 0 saturated carbocycles. The molecule has 0 aliphatic carbocycles. The Hall–Kier alpha value is -2.24. The number of nitrogens with one attached hydrogen (secondary N) is 1. The molecular weight excluding hydrogens is 286 g/mol. The fraction of sp³-hybridized carbons (Fsp3) is 0.500. The first-order chi connectivity index (χ1) is 9.89. The van der Waals surface area contributed by atoms with E-state index >= 15 is 0 Å². The zero-order chi connectivity index (χ0) is 17.4. The standard InChI is InChI=1S/C9H18O3.C7H7NO2/c1-8(2,3)11-7(10)12-9(4,5)6;9-7(10)8-6-4-2-1-3-5-6/h1-6H3;1-5,8H,(H,9,10). The van der Waals surface area contributed by atoms with Gasteiger partial charge in [0.05, 0.1) is 0 Å². The van der Waals surface area contributed by atoms with Gasteiger partial charge < -0.3 is 14.6 Å². The Kier molecular flexibility index (Phi) is 7.42. The van der Waals surface area contributed by atoms with Crippen molar-refractivity contribution in [1.29, 1.82) is 0 Å². The normalized spacial score (nSPS) is 10.8. The van der Waals surface area contributed by atoms with Gasteiger partial charge in [0.2, 0.25) is 0 Å². The molecule has 0 saturated heterocycles. The summed E-state index contributed by atoms with van der Waals surface area (Å²) in [6, 6.07) is 8.74. The highest BCUT2D eigenvalue weighted by atomic mass is 16.7. The molecule has 1 rings (SSSR count). The zero-order valence-corrected chi connectivity index (χ0v) is 14.0. The molecule has 22 heavy (non-hydrogen) atoms. The van der Waals surface area contributed by atoms with Crippen LogP contribution in [0.3, 0.4) is 0 Å². The van der Waals surface area contributed by atoms with E-state index in [-0.39, 0.29) is 0 Å². The van der Waals surface area contributed by atoms with Crippen molar-refractivity contribution in [1.82, 2.24) is 0 Å². The van der Waals surface area contributed by atoms with Crippen LogP contribution in [0.4, 0.5) is 15.3 Å². The van der Waals surface area contributed by atoms with Crippen LogP contribution in [-0.4, -0.2) is 28.6 Å². The zero-order valence-electron chi connectivity index (χ0n) is 14.0. The Morgan fingerprint density at radius 3 is 1.64 bits per heavy atom. The van der Waals surface area contributed by atoms with E-state index in [2.05, 4.69) is 5.32 Å². The molecular formula is C16H25NO5. The van der Waals surface area contributed by atoms with E-state index in [0.29, 0.717) is 5.69 Å². The van der Waals surface area contributed by atoms with Crippen molar-refractivity contribution in [3.8, 4) is 0 Å². The van der Waals surface area contributed by atoms with Gasteiger partial charge in [-0.05, 0) is 53.7 Å². The lowest BCUT2D eigenvalue weighted by atomic mass is 10.2. The van der Waals surface area contributed by atoms with Gasteiger partial charge in [0.15, 0.2) is 0 Å². The third-order valence-electron chi connectivity index (χ3n) is 1.80. The van der Waals surface area contributed by atoms with Crippen LogP contribution in [0.15, 0.2) is 30.3 Å². The third kappa shape index (κ3) is 12.8. The third-order valence-corrected chi connectivity index (χ3v) is 1.80. The second-order valence-electron chi connectivity index (χ2n) is 6.48. The second kappa shape index (κ2) is 8.26. The van der Waals surface area contributed by atoms with Crippen molar-refractivity contribution in [2.24, 2.45) is 0 Å². The van der Waals surface area contributed by atoms with Crippen LogP contribution >= 0.6 is 0 Å². The van der Waals surface area contributed by atoms with E-state index in [1.54, 1.807) is 65.8 Å². The molecule has 1 amide bonds. The van der Waals surface area contributed by atoms with Gasteiger partial charge in [-0.15, -0.1) is 0 Å². The summed E-state index contributed by atoms with van der Waals surface area (Å²) in [5.41, 5.74) is -0.375. The average Bonchev–Trinajstić information content (AvgIpc) is 2.24. The molecule has 0 heterocycles. The first-order valence-corrected chi connectivity index (χ1v) is 6.86. The van der Waals surface area contributed by atoms with Crippen molar-refractivity contribution in [2.45, 2.75) is 52.7 Å². The van der Waals surface area contributed by atoms with E-state index in [4.69, 9.17) is 14.6 Å². The summed E-state index contributed by atoms with van der Waals surface area (Å²) in [6.07, 6.45) is -1.65. The number of amides is 1. The fourth-order valence-corrected chi connectivity index (χ4v) is 1.17. The number of anilines is 1. The number of rotatable bonds is 1. The maximum Gasteiger partial charge on any atom is 0.509 e. The minimum Gasteiger partial charge on any atom is -0.465 e. The Morgan fingerprint density at radius 1 is 0.909 bits per heavy atom. The number of carboxylic acid groups (broad SMARTS) is 1. The summed E-state index contributed by atoms with van der Waals surface area (Å²) in [4.78, 5) is 21.1. The number of benzene rings is 1. The molecule has 1 aromatic carbocycles. The Bertz CT molecular complexity index is 454. The fourth-order valence-electron chi connectivity index (χ4n) is 1.17. The van der Waals surface area contributed by atoms with Crippen LogP contribution in [0.2, 0.25) is 0 Å². The van der Waals surface area contributed by atoms with Gasteiger partial charge in [-0.1, -0.05) is 18.2 Å². The minimum absolute atomic E-state index is 0.484. The topological polar surface area (TPSA) is 84.9 Å². The van der Waals surface area contributed by atoms with E-state index in [1.807, 2.05) is 6.07 Å². The largest absolute Gasteiger partial charge is 0.509 e. The quantitative estimate of drug-likeness (QED) is 0.745. The molecule has 0 aromatic heterocycles. The number of ether oxygens (including phenoxy) is 2. The Labute approximate surface area is 131 Å². The Balaban J connectivity index is 0.000000406. The van der Waals surface area contributed by atoms with Gasteiger partial charge in [-0.2, -0.15) is 0 Å². The van der Waals surface area contributed by atoms with Gasteiger partial charge >= 0.3 is 12.2 Å². The lowest BCUT2D eigenvalue weighted by Crippen LogP contribution is -2.30. The van der Waals surface area contributed by atoms with Gasteiger partial charge in [0.25, 0.3) is 0 Å². The summed E-state index contributed by atoms with van der Waals surface area (Å²) < 4.78 is 9.91. The second-order valence-corrected chi connectivity index (χ2v) is 6.48. The Morgan fingerprint density at radius 2 is 1.32 bits per heavy atom. The molecule has 2 N–H and O–H groups in total. The highest BCUT2D eigenvalue weighted by Crippen LogP contribution is 2.13.